The third-order valence-corrected chi connectivity index (χ3v) is 3.15. The summed E-state index contributed by atoms with van der Waals surface area (Å²) < 4.78 is 5.49. The van der Waals surface area contributed by atoms with E-state index in [1.807, 2.05) is 48.9 Å². The lowest BCUT2D eigenvalue weighted by Gasteiger charge is -2.09. The Balaban J connectivity index is 2.42. The molecule has 1 aromatic carbocycles. The van der Waals surface area contributed by atoms with Crippen LogP contribution in [0.15, 0.2) is 35.0 Å². The molecule has 0 atom stereocenters. The molecule has 0 aliphatic rings. The molecule has 0 bridgehead atoms. The van der Waals surface area contributed by atoms with Crippen molar-refractivity contribution < 1.29 is 9.53 Å². The Hall–Kier alpha value is -1.61. The van der Waals surface area contributed by atoms with Crippen LogP contribution in [0.4, 0.5) is 0 Å². The third-order valence-electron chi connectivity index (χ3n) is 2.46. The molecule has 0 unspecified atom stereocenters. The second kappa shape index (κ2) is 5.15. The van der Waals surface area contributed by atoms with Gasteiger partial charge in [0.05, 0.1) is 12.2 Å². The lowest BCUT2D eigenvalue weighted by Crippen LogP contribution is -2.04. The van der Waals surface area contributed by atoms with Crippen molar-refractivity contribution in [1.82, 2.24) is 0 Å². The summed E-state index contributed by atoms with van der Waals surface area (Å²) in [6.07, 6.45) is 0. The van der Waals surface area contributed by atoms with E-state index in [1.165, 1.54) is 11.3 Å². The summed E-state index contributed by atoms with van der Waals surface area (Å²) >= 11 is 1.52. The topological polar surface area (TPSA) is 26.3 Å². The maximum absolute atomic E-state index is 12.3. The summed E-state index contributed by atoms with van der Waals surface area (Å²) in [5.41, 5.74) is 2.43. The molecule has 2 aromatic rings. The minimum Gasteiger partial charge on any atom is -0.493 e. The Kier molecular flexibility index (Phi) is 3.59. The van der Waals surface area contributed by atoms with E-state index >= 15 is 0 Å². The fraction of sp³-hybridized carbons (Fsp3) is 0.214. The van der Waals surface area contributed by atoms with Gasteiger partial charge in [-0.1, -0.05) is 11.6 Å². The second-order valence-electron chi connectivity index (χ2n) is 3.77. The summed E-state index contributed by atoms with van der Waals surface area (Å²) in [7, 11) is 0. The normalized spacial score (nSPS) is 10.2. The summed E-state index contributed by atoms with van der Waals surface area (Å²) in [5.74, 6) is 0.688. The lowest BCUT2D eigenvalue weighted by atomic mass is 10.0. The van der Waals surface area contributed by atoms with E-state index in [0.717, 1.165) is 11.1 Å². The van der Waals surface area contributed by atoms with E-state index in [0.29, 0.717) is 17.9 Å². The van der Waals surface area contributed by atoms with Gasteiger partial charge in [0, 0.05) is 10.9 Å². The first-order chi connectivity index (χ1) is 8.22. The Bertz CT molecular complexity index is 515. The van der Waals surface area contributed by atoms with Crippen molar-refractivity contribution >= 4 is 17.1 Å². The molecule has 0 aliphatic carbocycles. The first-order valence-electron chi connectivity index (χ1n) is 5.52. The Morgan fingerprint density at radius 1 is 1.35 bits per heavy atom. The molecule has 2 rings (SSSR count). The molecule has 0 spiro atoms. The molecule has 17 heavy (non-hydrogen) atoms. The van der Waals surface area contributed by atoms with Gasteiger partial charge in [-0.2, -0.15) is 11.3 Å². The van der Waals surface area contributed by atoms with Gasteiger partial charge in [0.15, 0.2) is 5.78 Å². The third kappa shape index (κ3) is 2.56. The van der Waals surface area contributed by atoms with Crippen molar-refractivity contribution in [2.24, 2.45) is 0 Å². The zero-order chi connectivity index (χ0) is 12.3. The molecule has 0 radical (unpaired) electrons. The van der Waals surface area contributed by atoms with Crippen LogP contribution >= 0.6 is 11.3 Å². The smallest absolute Gasteiger partial charge is 0.197 e. The fourth-order valence-corrected chi connectivity index (χ4v) is 2.29. The van der Waals surface area contributed by atoms with Gasteiger partial charge in [-0.15, -0.1) is 0 Å². The second-order valence-corrected chi connectivity index (χ2v) is 4.55. The summed E-state index contributed by atoms with van der Waals surface area (Å²) in [5, 5.41) is 3.77. The molecule has 0 amide bonds. The SMILES string of the molecule is CCOc1ccc(C)cc1C(=O)c1ccsc1. The van der Waals surface area contributed by atoms with Gasteiger partial charge < -0.3 is 4.74 Å². The van der Waals surface area contributed by atoms with Crippen LogP contribution in [0, 0.1) is 6.92 Å². The number of rotatable bonds is 4. The molecule has 0 saturated carbocycles. The first kappa shape index (κ1) is 11.9. The lowest BCUT2D eigenvalue weighted by molar-refractivity contribution is 0.103. The molecule has 0 fully saturated rings. The Morgan fingerprint density at radius 3 is 2.82 bits per heavy atom. The highest BCUT2D eigenvalue weighted by Gasteiger charge is 2.15. The van der Waals surface area contributed by atoms with Crippen molar-refractivity contribution in [3.05, 3.63) is 51.7 Å². The number of carbonyl (C=O) groups excluding carboxylic acids is 1. The number of thiophene rings is 1. The van der Waals surface area contributed by atoms with E-state index in [9.17, 15) is 4.79 Å². The number of hydrogen-bond acceptors (Lipinski definition) is 3. The van der Waals surface area contributed by atoms with Crippen LogP contribution in [0.2, 0.25) is 0 Å². The summed E-state index contributed by atoms with van der Waals surface area (Å²) in [6.45, 7) is 4.45. The summed E-state index contributed by atoms with van der Waals surface area (Å²) in [6, 6.07) is 7.53. The average Bonchev–Trinajstić information content (AvgIpc) is 2.84. The van der Waals surface area contributed by atoms with Crippen LogP contribution in [0.1, 0.15) is 28.4 Å². The van der Waals surface area contributed by atoms with E-state index in [2.05, 4.69) is 0 Å². The molecule has 88 valence electrons. The number of aryl methyl sites for hydroxylation is 1. The van der Waals surface area contributed by atoms with Gasteiger partial charge in [-0.3, -0.25) is 4.79 Å². The molecular formula is C14H14O2S. The Morgan fingerprint density at radius 2 is 2.18 bits per heavy atom. The molecule has 0 N–H and O–H groups in total. The maximum Gasteiger partial charge on any atom is 0.197 e. The number of ether oxygens (including phenoxy) is 1. The quantitative estimate of drug-likeness (QED) is 0.769. The van der Waals surface area contributed by atoms with Crippen LogP contribution in [0.25, 0.3) is 0 Å². The minimum absolute atomic E-state index is 0.0263. The highest BCUT2D eigenvalue weighted by molar-refractivity contribution is 7.08. The van der Waals surface area contributed by atoms with Crippen LogP contribution in [-0.2, 0) is 0 Å². The predicted molar refractivity (Wildman–Crippen MR) is 70.1 cm³/mol. The largest absolute Gasteiger partial charge is 0.493 e. The van der Waals surface area contributed by atoms with Gasteiger partial charge in [0.2, 0.25) is 0 Å². The summed E-state index contributed by atoms with van der Waals surface area (Å²) in [4.78, 5) is 12.3. The van der Waals surface area contributed by atoms with E-state index in [1.54, 1.807) is 0 Å². The van der Waals surface area contributed by atoms with Crippen molar-refractivity contribution in [3.63, 3.8) is 0 Å². The van der Waals surface area contributed by atoms with Gasteiger partial charge in [-0.05, 0) is 37.4 Å². The highest BCUT2D eigenvalue weighted by atomic mass is 32.1. The van der Waals surface area contributed by atoms with E-state index in [4.69, 9.17) is 4.74 Å². The van der Waals surface area contributed by atoms with Crippen molar-refractivity contribution in [2.75, 3.05) is 6.61 Å². The molecule has 0 saturated heterocycles. The molecule has 3 heteroatoms. The molecule has 2 nitrogen and oxygen atoms in total. The standard InChI is InChI=1S/C14H14O2S/c1-3-16-13-5-4-10(2)8-12(13)14(15)11-6-7-17-9-11/h4-9H,3H2,1-2H3. The van der Waals surface area contributed by atoms with E-state index < -0.39 is 0 Å². The highest BCUT2D eigenvalue weighted by Crippen LogP contribution is 2.24. The number of ketones is 1. The zero-order valence-corrected chi connectivity index (χ0v) is 10.7. The van der Waals surface area contributed by atoms with Gasteiger partial charge >= 0.3 is 0 Å². The molecule has 1 heterocycles. The predicted octanol–water partition coefficient (Wildman–Crippen LogP) is 3.69. The van der Waals surface area contributed by atoms with Gasteiger partial charge in [-0.25, -0.2) is 0 Å². The molecular weight excluding hydrogens is 232 g/mol. The maximum atomic E-state index is 12.3. The number of hydrogen-bond donors (Lipinski definition) is 0. The van der Waals surface area contributed by atoms with Crippen LogP contribution in [-0.4, -0.2) is 12.4 Å². The molecule has 0 aliphatic heterocycles. The van der Waals surface area contributed by atoms with Crippen LogP contribution in [0.3, 0.4) is 0 Å². The zero-order valence-electron chi connectivity index (χ0n) is 9.90. The minimum atomic E-state index is 0.0263. The number of carbonyl (C=O) groups is 1. The average molecular weight is 246 g/mol. The van der Waals surface area contributed by atoms with Crippen molar-refractivity contribution in [2.45, 2.75) is 13.8 Å². The van der Waals surface area contributed by atoms with Crippen molar-refractivity contribution in [3.8, 4) is 5.75 Å². The molecule has 1 aromatic heterocycles. The fourth-order valence-electron chi connectivity index (χ4n) is 1.65. The first-order valence-corrected chi connectivity index (χ1v) is 6.47. The van der Waals surface area contributed by atoms with Crippen molar-refractivity contribution in [1.29, 1.82) is 0 Å². The van der Waals surface area contributed by atoms with Crippen LogP contribution < -0.4 is 4.74 Å². The van der Waals surface area contributed by atoms with E-state index in [-0.39, 0.29) is 5.78 Å². The monoisotopic (exact) mass is 246 g/mol. The van der Waals surface area contributed by atoms with Gasteiger partial charge in [0.1, 0.15) is 5.75 Å². The number of benzene rings is 1. The van der Waals surface area contributed by atoms with Gasteiger partial charge in [0.25, 0.3) is 0 Å². The van der Waals surface area contributed by atoms with Crippen LogP contribution in [0.5, 0.6) is 5.75 Å². The Labute approximate surface area is 105 Å².